The monoisotopic (exact) mass is 346 g/mol. The van der Waals surface area contributed by atoms with E-state index in [-0.39, 0.29) is 0 Å². The molecule has 0 aliphatic heterocycles. The number of fused-ring (bicyclic) bond motifs is 2. The molecule has 0 heteroatoms. The lowest BCUT2D eigenvalue weighted by Crippen LogP contribution is -2.02. The van der Waals surface area contributed by atoms with Crippen molar-refractivity contribution in [1.29, 1.82) is 0 Å². The van der Waals surface area contributed by atoms with Gasteiger partial charge in [-0.25, -0.2) is 0 Å². The number of hydrogen-bond donors (Lipinski definition) is 0. The van der Waals surface area contributed by atoms with Gasteiger partial charge in [0, 0.05) is 0 Å². The van der Waals surface area contributed by atoms with Crippen molar-refractivity contribution < 1.29 is 0 Å². The van der Waals surface area contributed by atoms with E-state index in [0.29, 0.717) is 0 Å². The molecule has 0 unspecified atom stereocenters. The first kappa shape index (κ1) is 16.1. The molecule has 0 N–H and O–H groups in total. The molecule has 0 nitrogen and oxygen atoms in total. The summed E-state index contributed by atoms with van der Waals surface area (Å²) in [7, 11) is 0. The summed E-state index contributed by atoms with van der Waals surface area (Å²) in [5.41, 5.74) is 9.57. The second kappa shape index (κ2) is 6.55. The summed E-state index contributed by atoms with van der Waals surface area (Å²) in [6.07, 6.45) is 6.87. The first-order chi connectivity index (χ1) is 13.3. The highest BCUT2D eigenvalue weighted by Crippen LogP contribution is 2.44. The Kier molecular flexibility index (Phi) is 3.90. The minimum Gasteiger partial charge on any atom is -0.0836 e. The van der Waals surface area contributed by atoms with Gasteiger partial charge in [0.1, 0.15) is 0 Å². The normalized spacial score (nSPS) is 12.9. The summed E-state index contributed by atoms with van der Waals surface area (Å²) in [6, 6.07) is 28.7. The van der Waals surface area contributed by atoms with Gasteiger partial charge in [0.25, 0.3) is 0 Å². The molecule has 130 valence electrons. The third kappa shape index (κ3) is 2.69. The highest BCUT2D eigenvalue weighted by atomic mass is 14.2. The van der Waals surface area contributed by atoms with Crippen LogP contribution in [0.15, 0.2) is 84.9 Å². The van der Waals surface area contributed by atoms with Crippen LogP contribution in [0, 0.1) is 6.92 Å². The average molecular weight is 346 g/mol. The standard InChI is InChI=1S/C27H22/c1-19-15-17-21(18-16-19)27-24-13-7-5-11-22(24)26(20-9-3-2-4-10-20)23-12-6-8-14-25(23)27/h2-7,9-13,15-18H,8,14H2,1H3. The van der Waals surface area contributed by atoms with E-state index in [9.17, 15) is 0 Å². The van der Waals surface area contributed by atoms with Crippen LogP contribution in [0.4, 0.5) is 0 Å². The van der Waals surface area contributed by atoms with Gasteiger partial charge in [-0.1, -0.05) is 96.6 Å². The SMILES string of the molecule is Cc1ccc(-c2c3c(c(-c4ccccc4)c4ccccc24)C=CCC3)cc1. The van der Waals surface area contributed by atoms with E-state index < -0.39 is 0 Å². The minimum atomic E-state index is 1.10. The Morgan fingerprint density at radius 1 is 0.630 bits per heavy atom. The Morgan fingerprint density at radius 3 is 2.00 bits per heavy atom. The van der Waals surface area contributed by atoms with Gasteiger partial charge >= 0.3 is 0 Å². The molecule has 5 rings (SSSR count). The van der Waals surface area contributed by atoms with Crippen molar-refractivity contribution in [3.63, 3.8) is 0 Å². The second-order valence-electron chi connectivity index (χ2n) is 7.36. The minimum absolute atomic E-state index is 1.10. The lowest BCUT2D eigenvalue weighted by atomic mass is 9.80. The molecular weight excluding hydrogens is 324 g/mol. The van der Waals surface area contributed by atoms with Crippen LogP contribution in [-0.4, -0.2) is 0 Å². The average Bonchev–Trinajstić information content (AvgIpc) is 2.73. The Bertz CT molecular complexity index is 1150. The molecule has 1 aliphatic carbocycles. The molecule has 0 radical (unpaired) electrons. The van der Waals surface area contributed by atoms with Crippen LogP contribution in [0.3, 0.4) is 0 Å². The van der Waals surface area contributed by atoms with Crippen LogP contribution in [0.2, 0.25) is 0 Å². The molecule has 27 heavy (non-hydrogen) atoms. The lowest BCUT2D eigenvalue weighted by Gasteiger charge is -2.23. The van der Waals surface area contributed by atoms with Crippen molar-refractivity contribution in [2.45, 2.75) is 19.8 Å². The maximum absolute atomic E-state index is 2.34. The molecule has 0 aromatic heterocycles. The molecule has 0 saturated carbocycles. The molecule has 0 saturated heterocycles. The highest BCUT2D eigenvalue weighted by Gasteiger charge is 2.21. The summed E-state index contributed by atoms with van der Waals surface area (Å²) in [5, 5.41) is 2.69. The molecular formula is C27H22. The van der Waals surface area contributed by atoms with Crippen LogP contribution in [0.5, 0.6) is 0 Å². The molecule has 0 fully saturated rings. The van der Waals surface area contributed by atoms with E-state index in [1.54, 1.807) is 0 Å². The van der Waals surface area contributed by atoms with Crippen LogP contribution in [0.1, 0.15) is 23.1 Å². The smallest absolute Gasteiger partial charge is 0.00297 e. The van der Waals surface area contributed by atoms with Gasteiger partial charge in [-0.15, -0.1) is 0 Å². The largest absolute Gasteiger partial charge is 0.0836 e. The predicted molar refractivity (Wildman–Crippen MR) is 117 cm³/mol. The zero-order valence-electron chi connectivity index (χ0n) is 15.6. The van der Waals surface area contributed by atoms with Crippen LogP contribution >= 0.6 is 0 Å². The van der Waals surface area contributed by atoms with E-state index in [1.165, 1.54) is 49.7 Å². The van der Waals surface area contributed by atoms with Crippen molar-refractivity contribution in [3.05, 3.63) is 102 Å². The second-order valence-corrected chi connectivity index (χ2v) is 7.36. The van der Waals surface area contributed by atoms with Gasteiger partial charge in [0.05, 0.1) is 0 Å². The summed E-state index contributed by atoms with van der Waals surface area (Å²) < 4.78 is 0. The van der Waals surface area contributed by atoms with Gasteiger partial charge in [-0.2, -0.15) is 0 Å². The van der Waals surface area contributed by atoms with Crippen molar-refractivity contribution in [3.8, 4) is 22.3 Å². The van der Waals surface area contributed by atoms with Gasteiger partial charge in [-0.3, -0.25) is 0 Å². The Labute approximate surface area is 160 Å². The zero-order valence-corrected chi connectivity index (χ0v) is 15.6. The number of benzene rings is 4. The molecule has 0 atom stereocenters. The fraction of sp³-hybridized carbons (Fsp3) is 0.111. The van der Waals surface area contributed by atoms with Gasteiger partial charge in [0.2, 0.25) is 0 Å². The quantitative estimate of drug-likeness (QED) is 0.354. The third-order valence-corrected chi connectivity index (χ3v) is 5.61. The molecule has 0 heterocycles. The van der Waals surface area contributed by atoms with Crippen molar-refractivity contribution in [1.82, 2.24) is 0 Å². The molecule has 0 spiro atoms. The van der Waals surface area contributed by atoms with Gasteiger partial charge in [0.15, 0.2) is 0 Å². The summed E-state index contributed by atoms with van der Waals surface area (Å²) in [5.74, 6) is 0. The third-order valence-electron chi connectivity index (χ3n) is 5.61. The first-order valence-corrected chi connectivity index (χ1v) is 9.69. The number of hydrogen-bond acceptors (Lipinski definition) is 0. The van der Waals surface area contributed by atoms with E-state index >= 15 is 0 Å². The lowest BCUT2D eigenvalue weighted by molar-refractivity contribution is 0.991. The summed E-state index contributed by atoms with van der Waals surface area (Å²) >= 11 is 0. The van der Waals surface area contributed by atoms with Crippen LogP contribution in [-0.2, 0) is 6.42 Å². The van der Waals surface area contributed by atoms with Crippen molar-refractivity contribution in [2.75, 3.05) is 0 Å². The van der Waals surface area contributed by atoms with E-state index in [4.69, 9.17) is 0 Å². The molecule has 4 aromatic rings. The predicted octanol–water partition coefficient (Wildman–Crippen LogP) is 7.44. The molecule has 1 aliphatic rings. The van der Waals surface area contributed by atoms with Crippen molar-refractivity contribution >= 4 is 16.8 Å². The fourth-order valence-corrected chi connectivity index (χ4v) is 4.35. The topological polar surface area (TPSA) is 0 Å². The number of allylic oxidation sites excluding steroid dienone is 1. The van der Waals surface area contributed by atoms with Crippen molar-refractivity contribution in [2.24, 2.45) is 0 Å². The van der Waals surface area contributed by atoms with Crippen LogP contribution < -0.4 is 0 Å². The van der Waals surface area contributed by atoms with E-state index in [2.05, 4.69) is 97.9 Å². The number of aryl methyl sites for hydroxylation is 1. The maximum atomic E-state index is 2.34. The molecule has 0 amide bonds. The van der Waals surface area contributed by atoms with Gasteiger partial charge < -0.3 is 0 Å². The highest BCUT2D eigenvalue weighted by molar-refractivity contribution is 6.10. The van der Waals surface area contributed by atoms with Gasteiger partial charge in [-0.05, 0) is 63.9 Å². The van der Waals surface area contributed by atoms with Crippen LogP contribution in [0.25, 0.3) is 39.1 Å². The molecule has 4 aromatic carbocycles. The number of rotatable bonds is 2. The Hall–Kier alpha value is -3.12. The first-order valence-electron chi connectivity index (χ1n) is 9.69. The molecule has 0 bridgehead atoms. The van der Waals surface area contributed by atoms with E-state index in [0.717, 1.165) is 12.8 Å². The Morgan fingerprint density at radius 2 is 1.26 bits per heavy atom. The maximum Gasteiger partial charge on any atom is -0.00297 e. The Balaban J connectivity index is 1.93. The summed E-state index contributed by atoms with van der Waals surface area (Å²) in [6.45, 7) is 2.15. The van der Waals surface area contributed by atoms with E-state index in [1.807, 2.05) is 0 Å². The fourth-order valence-electron chi connectivity index (χ4n) is 4.35. The zero-order chi connectivity index (χ0) is 18.2. The summed E-state index contributed by atoms with van der Waals surface area (Å²) in [4.78, 5) is 0.